The van der Waals surface area contributed by atoms with Gasteiger partial charge in [-0.25, -0.2) is 8.42 Å². The number of carbonyl (C=O) groups excluding carboxylic acids is 1. The van der Waals surface area contributed by atoms with Crippen LogP contribution in [-0.2, 0) is 14.6 Å². The molecule has 0 aromatic rings. The molecule has 0 radical (unpaired) electrons. The lowest BCUT2D eigenvalue weighted by Crippen LogP contribution is -2.35. The van der Waals surface area contributed by atoms with Crippen molar-refractivity contribution in [3.8, 4) is 6.07 Å². The molecule has 1 amide bonds. The van der Waals surface area contributed by atoms with E-state index < -0.39 is 21.8 Å². The number of sulfone groups is 1. The van der Waals surface area contributed by atoms with E-state index in [0.717, 1.165) is 5.41 Å². The zero-order chi connectivity index (χ0) is 9.90. The van der Waals surface area contributed by atoms with Crippen molar-refractivity contribution in [2.45, 2.75) is 12.5 Å². The van der Waals surface area contributed by atoms with E-state index in [1.54, 1.807) is 6.07 Å². The summed E-state index contributed by atoms with van der Waals surface area (Å²) in [4.78, 5) is 10.8. The molecule has 0 saturated heterocycles. The van der Waals surface area contributed by atoms with Crippen LogP contribution in [-0.4, -0.2) is 26.1 Å². The molecule has 0 saturated carbocycles. The maximum absolute atomic E-state index is 10.9. The van der Waals surface area contributed by atoms with E-state index in [9.17, 15) is 13.2 Å². The Morgan fingerprint density at radius 1 is 1.69 bits per heavy atom. The second-order valence-electron chi connectivity index (χ2n) is 2.67. The standard InChI is InChI=1S/C7H8N2O3S/c8-3-1-7(10)9-6-2-4-13(11,12)5-6/h2,4,6H,1,5H2,(H,9,10). The van der Waals surface area contributed by atoms with Crippen molar-refractivity contribution < 1.29 is 13.2 Å². The lowest BCUT2D eigenvalue weighted by Gasteiger charge is -2.06. The Morgan fingerprint density at radius 2 is 2.38 bits per heavy atom. The number of hydrogen-bond acceptors (Lipinski definition) is 4. The Hall–Kier alpha value is -1.35. The van der Waals surface area contributed by atoms with Crippen LogP contribution in [0.3, 0.4) is 0 Å². The van der Waals surface area contributed by atoms with Crippen molar-refractivity contribution >= 4 is 15.7 Å². The van der Waals surface area contributed by atoms with Gasteiger partial charge >= 0.3 is 0 Å². The van der Waals surface area contributed by atoms with Gasteiger partial charge in [-0.2, -0.15) is 5.26 Å². The second-order valence-corrected chi connectivity index (χ2v) is 4.60. The van der Waals surface area contributed by atoms with Gasteiger partial charge in [0.15, 0.2) is 9.84 Å². The smallest absolute Gasteiger partial charge is 0.234 e. The molecule has 1 aliphatic heterocycles. The molecule has 70 valence electrons. The zero-order valence-corrected chi connectivity index (χ0v) is 7.54. The van der Waals surface area contributed by atoms with Crippen LogP contribution >= 0.6 is 0 Å². The summed E-state index contributed by atoms with van der Waals surface area (Å²) >= 11 is 0. The fraction of sp³-hybridized carbons (Fsp3) is 0.429. The SMILES string of the molecule is N#CCC(=O)NC1C=CS(=O)(=O)C1. The van der Waals surface area contributed by atoms with E-state index in [-0.39, 0.29) is 12.2 Å². The third-order valence-electron chi connectivity index (χ3n) is 1.52. The molecule has 1 unspecified atom stereocenters. The van der Waals surface area contributed by atoms with Crippen LogP contribution in [0.4, 0.5) is 0 Å². The quantitative estimate of drug-likeness (QED) is 0.640. The number of amides is 1. The van der Waals surface area contributed by atoms with Crippen molar-refractivity contribution in [2.75, 3.05) is 5.75 Å². The van der Waals surface area contributed by atoms with Gasteiger partial charge in [-0.15, -0.1) is 0 Å². The van der Waals surface area contributed by atoms with E-state index in [2.05, 4.69) is 5.32 Å². The normalized spacial score (nSPS) is 23.8. The first-order valence-electron chi connectivity index (χ1n) is 3.61. The second kappa shape index (κ2) is 3.58. The predicted octanol–water partition coefficient (Wildman–Crippen LogP) is -0.673. The number of rotatable bonds is 2. The Balaban J connectivity index is 2.48. The summed E-state index contributed by atoms with van der Waals surface area (Å²) in [6.07, 6.45) is 1.16. The van der Waals surface area contributed by atoms with Crippen molar-refractivity contribution in [1.29, 1.82) is 5.26 Å². The fourth-order valence-corrected chi connectivity index (χ4v) is 2.23. The molecular formula is C7H8N2O3S. The highest BCUT2D eigenvalue weighted by Crippen LogP contribution is 2.07. The molecule has 13 heavy (non-hydrogen) atoms. The van der Waals surface area contributed by atoms with Crippen LogP contribution in [0.5, 0.6) is 0 Å². The summed E-state index contributed by atoms with van der Waals surface area (Å²) < 4.78 is 21.8. The number of carbonyl (C=O) groups is 1. The van der Waals surface area contributed by atoms with E-state index in [1.165, 1.54) is 6.08 Å². The number of hydrogen-bond donors (Lipinski definition) is 1. The monoisotopic (exact) mass is 200 g/mol. The molecule has 0 aliphatic carbocycles. The van der Waals surface area contributed by atoms with Crippen molar-refractivity contribution in [3.63, 3.8) is 0 Å². The van der Waals surface area contributed by atoms with Gasteiger partial charge < -0.3 is 5.32 Å². The molecule has 0 bridgehead atoms. The number of nitrogens with one attached hydrogen (secondary N) is 1. The molecule has 1 atom stereocenters. The minimum Gasteiger partial charge on any atom is -0.348 e. The molecule has 0 spiro atoms. The summed E-state index contributed by atoms with van der Waals surface area (Å²) in [6, 6.07) is 1.20. The van der Waals surface area contributed by atoms with Crippen LogP contribution in [0, 0.1) is 11.3 Å². The minimum absolute atomic E-state index is 0.107. The van der Waals surface area contributed by atoms with Gasteiger partial charge in [0.25, 0.3) is 0 Å². The Morgan fingerprint density at radius 3 is 2.85 bits per heavy atom. The first-order chi connectivity index (χ1) is 6.03. The molecule has 0 aromatic carbocycles. The van der Waals surface area contributed by atoms with Gasteiger partial charge in [0, 0.05) is 5.41 Å². The molecule has 0 aromatic heterocycles. The molecule has 0 fully saturated rings. The lowest BCUT2D eigenvalue weighted by molar-refractivity contribution is -0.120. The summed E-state index contributed by atoms with van der Waals surface area (Å²) in [7, 11) is -3.13. The first kappa shape index (κ1) is 9.74. The van der Waals surface area contributed by atoms with Crippen molar-refractivity contribution in [1.82, 2.24) is 5.32 Å². The summed E-state index contributed by atoms with van der Waals surface area (Å²) in [5, 5.41) is 11.6. The molecule has 1 heterocycles. The minimum atomic E-state index is -3.13. The average Bonchev–Trinajstić information content (AvgIpc) is 2.30. The lowest BCUT2D eigenvalue weighted by atomic mass is 10.3. The summed E-state index contributed by atoms with van der Waals surface area (Å²) in [6.45, 7) is 0. The molecule has 6 heteroatoms. The van der Waals surface area contributed by atoms with Crippen LogP contribution in [0.2, 0.25) is 0 Å². The van der Waals surface area contributed by atoms with Gasteiger partial charge in [-0.05, 0) is 6.08 Å². The van der Waals surface area contributed by atoms with Gasteiger partial charge in [0.1, 0.15) is 6.42 Å². The predicted molar refractivity (Wildman–Crippen MR) is 45.1 cm³/mol. The highest BCUT2D eigenvalue weighted by Gasteiger charge is 2.22. The largest absolute Gasteiger partial charge is 0.348 e. The zero-order valence-electron chi connectivity index (χ0n) is 6.73. The Kier molecular flexibility index (Phi) is 2.68. The van der Waals surface area contributed by atoms with Crippen LogP contribution in [0.15, 0.2) is 11.5 Å². The number of nitriles is 1. The Bertz CT molecular complexity index is 377. The van der Waals surface area contributed by atoms with Gasteiger partial charge in [-0.1, -0.05) is 0 Å². The third-order valence-corrected chi connectivity index (χ3v) is 2.91. The highest BCUT2D eigenvalue weighted by atomic mass is 32.2. The van der Waals surface area contributed by atoms with Crippen molar-refractivity contribution in [2.24, 2.45) is 0 Å². The van der Waals surface area contributed by atoms with Crippen LogP contribution < -0.4 is 5.32 Å². The Labute approximate surface area is 76.0 Å². The van der Waals surface area contributed by atoms with E-state index >= 15 is 0 Å². The van der Waals surface area contributed by atoms with Gasteiger partial charge in [0.2, 0.25) is 5.91 Å². The fourth-order valence-electron chi connectivity index (χ4n) is 0.995. The van der Waals surface area contributed by atoms with Crippen LogP contribution in [0.1, 0.15) is 6.42 Å². The highest BCUT2D eigenvalue weighted by molar-refractivity contribution is 7.94. The topological polar surface area (TPSA) is 87.0 Å². The van der Waals surface area contributed by atoms with Gasteiger partial charge in [0.05, 0.1) is 17.9 Å². The maximum atomic E-state index is 10.9. The average molecular weight is 200 g/mol. The molecule has 1 N–H and O–H groups in total. The summed E-state index contributed by atoms with van der Waals surface area (Å²) in [5.74, 6) is -0.557. The number of nitrogens with zero attached hydrogens (tertiary/aromatic N) is 1. The van der Waals surface area contributed by atoms with E-state index in [4.69, 9.17) is 5.26 Å². The molecule has 1 aliphatic rings. The molecular weight excluding hydrogens is 192 g/mol. The van der Waals surface area contributed by atoms with Gasteiger partial charge in [-0.3, -0.25) is 4.79 Å². The molecule has 5 nitrogen and oxygen atoms in total. The van der Waals surface area contributed by atoms with E-state index in [0.29, 0.717) is 0 Å². The first-order valence-corrected chi connectivity index (χ1v) is 5.32. The van der Waals surface area contributed by atoms with E-state index in [1.807, 2.05) is 0 Å². The van der Waals surface area contributed by atoms with Crippen LogP contribution in [0.25, 0.3) is 0 Å². The maximum Gasteiger partial charge on any atom is 0.234 e. The molecule has 1 rings (SSSR count). The van der Waals surface area contributed by atoms with Crippen molar-refractivity contribution in [3.05, 3.63) is 11.5 Å². The third kappa shape index (κ3) is 2.87. The summed E-state index contributed by atoms with van der Waals surface area (Å²) in [5.41, 5.74) is 0.